The molecule has 3 aliphatic heterocycles. The predicted octanol–water partition coefficient (Wildman–Crippen LogP) is -2.66. The molecule has 23 heteroatoms. The van der Waals surface area contributed by atoms with E-state index in [9.17, 15) is 39.6 Å². The van der Waals surface area contributed by atoms with Crippen LogP contribution in [0.1, 0.15) is 12.6 Å². The Morgan fingerprint density at radius 1 is 1.27 bits per heavy atom. The van der Waals surface area contributed by atoms with Gasteiger partial charge in [-0.05, 0) is 17.9 Å². The molecule has 0 bridgehead atoms. The number of fused-ring (bicyclic) bond motifs is 2. The highest BCUT2D eigenvalue weighted by Crippen LogP contribution is 2.62. The van der Waals surface area contributed by atoms with Crippen molar-refractivity contribution in [3.05, 3.63) is 24.4 Å². The maximum atomic E-state index is 12.8. The number of nitrogen functional groups attached to an aromatic ring is 1. The quantitative estimate of drug-likeness (QED) is 0.0861. The van der Waals surface area contributed by atoms with Gasteiger partial charge >= 0.3 is 14.5 Å². The Morgan fingerprint density at radius 2 is 1.98 bits per heavy atom. The average Bonchev–Trinajstić information content (AvgIpc) is 3.27. The summed E-state index contributed by atoms with van der Waals surface area (Å²) in [6.07, 6.45) is -8.84. The third kappa shape index (κ3) is 7.65. The lowest BCUT2D eigenvalue weighted by Crippen LogP contribution is -2.61. The Labute approximate surface area is 259 Å². The molecular weight excluding hydrogens is 670 g/mol. The standard InChI is InChI=1S/C22H32N4O16P2S/c1-9(28)24-5-10-12(40-22(19(10)36-2)3-4-37-17-18(22)25-8-26-20(17)23)7-38-44(35,45)42-43(33,34)41-21-15(32)13(30)14(31)16(39-21)11(29)6-27/h3-5,8,10-16,19,21,27,29-32H,6-7H2,1-2H3,(H,33,34)(H,35,45)(H2,23,25,26)/t10?,11-,12+,13?,14?,15?,16?,19+,21?,22+,44?/m0/s1. The molecule has 0 aliphatic carbocycles. The topological polar surface area (TPSA) is 305 Å². The van der Waals surface area contributed by atoms with Gasteiger partial charge in [-0.1, -0.05) is 0 Å². The summed E-state index contributed by atoms with van der Waals surface area (Å²) in [5.41, 5.74) is 4.59. The van der Waals surface area contributed by atoms with E-state index in [-0.39, 0.29) is 17.3 Å². The van der Waals surface area contributed by atoms with Crippen LogP contribution in [0, 0.1) is 5.92 Å². The minimum absolute atomic E-state index is 0.0138. The van der Waals surface area contributed by atoms with Gasteiger partial charge in [-0.2, -0.15) is 0 Å². The number of hydrogen-bond acceptors (Lipinski definition) is 18. The number of methoxy groups -OCH3 is 1. The van der Waals surface area contributed by atoms with Crippen LogP contribution >= 0.6 is 14.5 Å². The van der Waals surface area contributed by atoms with E-state index in [2.05, 4.69) is 19.3 Å². The van der Waals surface area contributed by atoms with Gasteiger partial charge in [0.1, 0.15) is 48.6 Å². The van der Waals surface area contributed by atoms with Gasteiger partial charge in [-0.25, -0.2) is 23.8 Å². The molecule has 1 aromatic heterocycles. The van der Waals surface area contributed by atoms with E-state index < -0.39 is 94.2 Å². The molecule has 0 aromatic carbocycles. The summed E-state index contributed by atoms with van der Waals surface area (Å²) in [6.45, 7) is -5.10. The lowest BCUT2D eigenvalue weighted by molar-refractivity contribution is -0.292. The molecule has 9 N–H and O–H groups in total. The molecule has 3 aliphatic rings. The Hall–Kier alpha value is -1.88. The monoisotopic (exact) mass is 702 g/mol. The van der Waals surface area contributed by atoms with Crippen molar-refractivity contribution in [2.24, 2.45) is 10.9 Å². The number of aromatic nitrogens is 2. The predicted molar refractivity (Wildman–Crippen MR) is 150 cm³/mol. The van der Waals surface area contributed by atoms with E-state index in [0.29, 0.717) is 0 Å². The number of nitrogens with zero attached hydrogens (tertiary/aromatic N) is 3. The van der Waals surface area contributed by atoms with Gasteiger partial charge in [-0.15, -0.1) is 0 Å². The Bertz CT molecular complexity index is 1410. The molecule has 4 heterocycles. The molecular formula is C22H32N4O16P2S. The number of ether oxygens (including phenoxy) is 4. The van der Waals surface area contributed by atoms with Crippen molar-refractivity contribution < 1.29 is 77.0 Å². The van der Waals surface area contributed by atoms with Gasteiger partial charge < -0.3 is 64.5 Å². The largest absolute Gasteiger partial charge is 0.481 e. The number of amides is 1. The summed E-state index contributed by atoms with van der Waals surface area (Å²) in [4.78, 5) is 44.5. The van der Waals surface area contributed by atoms with Gasteiger partial charge in [0, 0.05) is 20.2 Å². The number of carbonyl (C=O) groups excluding carboxylic acids is 1. The summed E-state index contributed by atoms with van der Waals surface area (Å²) in [6, 6.07) is 0. The first-order valence-corrected chi connectivity index (χ1v) is 17.0. The minimum atomic E-state index is -5.48. The molecule has 8 unspecified atom stereocenters. The number of hydrogen-bond donors (Lipinski definition) is 8. The van der Waals surface area contributed by atoms with Gasteiger partial charge in [-0.3, -0.25) is 9.32 Å². The highest BCUT2D eigenvalue weighted by atomic mass is 32.5. The molecule has 4 rings (SSSR count). The Kier molecular flexibility index (Phi) is 11.3. The number of rotatable bonds is 11. The molecule has 1 spiro atoms. The van der Waals surface area contributed by atoms with Gasteiger partial charge in [0.05, 0.1) is 31.5 Å². The first-order valence-electron chi connectivity index (χ1n) is 12.9. The van der Waals surface area contributed by atoms with Crippen LogP contribution in [0.4, 0.5) is 5.82 Å². The summed E-state index contributed by atoms with van der Waals surface area (Å²) >= 11 is 4.88. The molecule has 252 valence electrons. The lowest BCUT2D eigenvalue weighted by Gasteiger charge is -2.41. The van der Waals surface area contributed by atoms with E-state index in [1.165, 1.54) is 32.6 Å². The molecule has 20 nitrogen and oxygen atoms in total. The second-order valence-corrected chi connectivity index (χ2v) is 14.3. The number of carbonyl (C=O) groups is 1. The number of phosphoric acid groups is 1. The average molecular weight is 703 g/mol. The van der Waals surface area contributed by atoms with Crippen molar-refractivity contribution in [1.29, 1.82) is 0 Å². The molecule has 2 fully saturated rings. The zero-order valence-electron chi connectivity index (χ0n) is 23.4. The Balaban J connectivity index is 1.52. The summed E-state index contributed by atoms with van der Waals surface area (Å²) in [7, 11) is -4.13. The highest BCUT2D eigenvalue weighted by Gasteiger charge is 2.58. The van der Waals surface area contributed by atoms with Crippen LogP contribution in [0.3, 0.4) is 0 Å². The summed E-state index contributed by atoms with van der Waals surface area (Å²) < 4.78 is 49.9. The van der Waals surface area contributed by atoms with E-state index in [1.54, 1.807) is 0 Å². The fourth-order valence-electron chi connectivity index (χ4n) is 4.96. The molecule has 1 aromatic rings. The number of aliphatic hydroxyl groups is 5. The van der Waals surface area contributed by atoms with Crippen LogP contribution in [0.2, 0.25) is 0 Å². The number of phosphoric ester groups is 1. The third-order valence-electron chi connectivity index (χ3n) is 6.95. The fourth-order valence-corrected chi connectivity index (χ4v) is 8.06. The van der Waals surface area contributed by atoms with Crippen molar-refractivity contribution in [3.63, 3.8) is 0 Å². The summed E-state index contributed by atoms with van der Waals surface area (Å²) in [5.74, 6) is -1.41. The molecule has 1 amide bonds. The smallest absolute Gasteiger partial charge is 0.459 e. The molecule has 0 saturated carbocycles. The molecule has 2 saturated heterocycles. The number of nitrogens with two attached hydrogens (primary N) is 1. The molecule has 45 heavy (non-hydrogen) atoms. The van der Waals surface area contributed by atoms with Crippen LogP contribution in [-0.4, -0.2) is 127 Å². The zero-order chi connectivity index (χ0) is 33.3. The van der Waals surface area contributed by atoms with Gasteiger partial charge in [0.15, 0.2) is 23.5 Å². The third-order valence-corrected chi connectivity index (χ3v) is 10.5. The van der Waals surface area contributed by atoms with Crippen molar-refractivity contribution in [1.82, 2.24) is 9.97 Å². The van der Waals surface area contributed by atoms with E-state index in [4.69, 9.17) is 50.6 Å². The lowest BCUT2D eigenvalue weighted by atomic mass is 9.85. The van der Waals surface area contributed by atoms with Crippen LogP contribution in [0.25, 0.3) is 0 Å². The second kappa shape index (κ2) is 14.1. The number of aliphatic imine (C=N–C) groups is 1. The number of aliphatic hydroxyl groups excluding tert-OH is 5. The van der Waals surface area contributed by atoms with Crippen molar-refractivity contribution in [3.8, 4) is 5.75 Å². The first-order chi connectivity index (χ1) is 21.1. The maximum Gasteiger partial charge on any atom is 0.481 e. The van der Waals surface area contributed by atoms with Crippen molar-refractivity contribution in [2.45, 2.75) is 61.5 Å². The normalized spacial score (nSPS) is 36.3. The van der Waals surface area contributed by atoms with E-state index in [1.807, 2.05) is 0 Å². The second-order valence-electron chi connectivity index (χ2n) is 9.95. The van der Waals surface area contributed by atoms with Crippen molar-refractivity contribution >= 4 is 44.3 Å². The maximum absolute atomic E-state index is 12.8. The minimum Gasteiger partial charge on any atom is -0.459 e. The molecule has 0 radical (unpaired) electrons. The zero-order valence-corrected chi connectivity index (χ0v) is 26.1. The first kappa shape index (κ1) is 36.0. The van der Waals surface area contributed by atoms with Crippen LogP contribution in [-0.2, 0) is 54.3 Å². The van der Waals surface area contributed by atoms with Crippen LogP contribution in [0.15, 0.2) is 23.7 Å². The van der Waals surface area contributed by atoms with Gasteiger partial charge in [0.2, 0.25) is 5.91 Å². The van der Waals surface area contributed by atoms with Crippen LogP contribution in [0.5, 0.6) is 5.75 Å². The highest BCUT2D eigenvalue weighted by molar-refractivity contribution is 8.08. The Morgan fingerprint density at radius 3 is 2.62 bits per heavy atom. The van der Waals surface area contributed by atoms with Crippen molar-refractivity contribution in [2.75, 3.05) is 26.1 Å². The number of anilines is 1. The summed E-state index contributed by atoms with van der Waals surface area (Å²) in [5, 5.41) is 49.2. The van der Waals surface area contributed by atoms with E-state index in [0.717, 1.165) is 6.33 Å². The fraction of sp³-hybridized carbons (Fsp3) is 0.636. The van der Waals surface area contributed by atoms with Crippen LogP contribution < -0.4 is 10.5 Å². The van der Waals surface area contributed by atoms with Gasteiger partial charge in [0.25, 0.3) is 0 Å². The van der Waals surface area contributed by atoms with E-state index >= 15 is 0 Å². The SMILES string of the molecule is CO[C@@H]1C(C=NC(C)=O)[C@@H](COP(O)(=S)OP(=O)(O)OC2OC([C@@H](O)CO)C(O)C(O)C2O)O[C@@]12C=COc1c(N)ncnc12. The molecule has 12 atom stereocenters.